The molecule has 8 atom stereocenters. The van der Waals surface area contributed by atoms with Gasteiger partial charge >= 0.3 is 11.9 Å². The average molecular weight is 585 g/mol. The van der Waals surface area contributed by atoms with Crippen molar-refractivity contribution in [3.05, 3.63) is 11.6 Å². The van der Waals surface area contributed by atoms with Crippen LogP contribution in [0.15, 0.2) is 11.6 Å². The first-order valence-corrected chi connectivity index (χ1v) is 17.6. The van der Waals surface area contributed by atoms with Gasteiger partial charge in [-0.25, -0.2) is 0 Å². The van der Waals surface area contributed by atoms with Crippen LogP contribution in [0.2, 0.25) is 0 Å². The van der Waals surface area contributed by atoms with E-state index in [1.54, 1.807) is 0 Å². The molecule has 5 nitrogen and oxygen atoms in total. The number of ether oxygens (including phenoxy) is 1. The molecule has 0 aromatic carbocycles. The number of ketones is 1. The molecule has 0 heterocycles. The number of carboxylic acids is 1. The Morgan fingerprint density at radius 1 is 0.881 bits per heavy atom. The molecule has 4 unspecified atom stereocenters. The zero-order valence-electron chi connectivity index (χ0n) is 27.4. The van der Waals surface area contributed by atoms with Crippen molar-refractivity contribution in [1.82, 2.24) is 0 Å². The number of hydrogen-bond acceptors (Lipinski definition) is 4. The van der Waals surface area contributed by atoms with E-state index < -0.39 is 5.97 Å². The smallest absolute Gasteiger partial charge is 0.306 e. The fourth-order valence-corrected chi connectivity index (χ4v) is 9.99. The molecule has 0 aromatic heterocycles. The van der Waals surface area contributed by atoms with Crippen LogP contribution >= 0.6 is 0 Å². The maximum Gasteiger partial charge on any atom is 0.306 e. The highest BCUT2D eigenvalue weighted by Crippen LogP contribution is 2.66. The van der Waals surface area contributed by atoms with E-state index in [4.69, 9.17) is 9.84 Å². The third-order valence-electron chi connectivity index (χ3n) is 12.4. The van der Waals surface area contributed by atoms with Crippen LogP contribution in [-0.2, 0) is 19.1 Å². The van der Waals surface area contributed by atoms with Gasteiger partial charge in [0.1, 0.15) is 6.10 Å². The Labute approximate surface area is 256 Å². The van der Waals surface area contributed by atoms with Crippen molar-refractivity contribution in [2.75, 3.05) is 0 Å². The van der Waals surface area contributed by atoms with Gasteiger partial charge in [0.25, 0.3) is 0 Å². The second-order valence-electron chi connectivity index (χ2n) is 15.6. The summed E-state index contributed by atoms with van der Waals surface area (Å²) in [5, 5.41) is 8.72. The fraction of sp³-hybridized carbons (Fsp3) is 0.865. The van der Waals surface area contributed by atoms with E-state index in [-0.39, 0.29) is 29.8 Å². The molecule has 0 amide bonds. The molecule has 0 aromatic rings. The van der Waals surface area contributed by atoms with Crippen LogP contribution in [0, 0.1) is 46.3 Å². The zero-order chi connectivity index (χ0) is 30.5. The first-order valence-electron chi connectivity index (χ1n) is 17.6. The molecule has 0 spiro atoms. The molecule has 3 fully saturated rings. The van der Waals surface area contributed by atoms with Crippen molar-refractivity contribution in [1.29, 1.82) is 0 Å². The summed E-state index contributed by atoms with van der Waals surface area (Å²) >= 11 is 0. The van der Waals surface area contributed by atoms with Crippen molar-refractivity contribution in [2.45, 2.75) is 156 Å². The SMILES string of the molecule is CC(C)CCC[C@@H](C)[C@H]1CCC2C3C(=O)C=C4CC(OC(=O)CCCCCCCCC(=O)O)CC[C@]4(C)C3CC[C@@]21C. The van der Waals surface area contributed by atoms with Gasteiger partial charge in [-0.15, -0.1) is 0 Å². The first-order chi connectivity index (χ1) is 20.0. The summed E-state index contributed by atoms with van der Waals surface area (Å²) in [7, 11) is 0. The lowest BCUT2D eigenvalue weighted by atomic mass is 9.46. The van der Waals surface area contributed by atoms with E-state index >= 15 is 0 Å². The topological polar surface area (TPSA) is 80.7 Å². The lowest BCUT2D eigenvalue weighted by molar-refractivity contribution is -0.152. The predicted molar refractivity (Wildman–Crippen MR) is 168 cm³/mol. The number of rotatable bonds is 15. The van der Waals surface area contributed by atoms with Crippen LogP contribution in [-0.4, -0.2) is 28.9 Å². The van der Waals surface area contributed by atoms with Crippen LogP contribution in [0.4, 0.5) is 0 Å². The van der Waals surface area contributed by atoms with Gasteiger partial charge in [0.05, 0.1) is 0 Å². The van der Waals surface area contributed by atoms with Crippen molar-refractivity contribution in [2.24, 2.45) is 46.3 Å². The Balaban J connectivity index is 1.29. The lowest BCUT2D eigenvalue weighted by Gasteiger charge is -2.57. The van der Waals surface area contributed by atoms with Gasteiger partial charge in [-0.05, 0) is 97.9 Å². The number of esters is 1. The van der Waals surface area contributed by atoms with E-state index in [1.165, 1.54) is 44.1 Å². The number of unbranched alkanes of at least 4 members (excludes halogenated alkanes) is 5. The minimum absolute atomic E-state index is 0.0599. The summed E-state index contributed by atoms with van der Waals surface area (Å²) in [5.41, 5.74) is 1.60. The molecule has 1 N–H and O–H groups in total. The molecule has 238 valence electrons. The monoisotopic (exact) mass is 584 g/mol. The van der Waals surface area contributed by atoms with Crippen LogP contribution in [0.5, 0.6) is 0 Å². The van der Waals surface area contributed by atoms with E-state index in [9.17, 15) is 14.4 Å². The Morgan fingerprint density at radius 2 is 1.57 bits per heavy atom. The highest BCUT2D eigenvalue weighted by Gasteiger charge is 2.61. The summed E-state index contributed by atoms with van der Waals surface area (Å²) < 4.78 is 5.94. The molecule has 42 heavy (non-hydrogen) atoms. The molecule has 0 bridgehead atoms. The number of aliphatic carboxylic acids is 1. The van der Waals surface area contributed by atoms with Gasteiger partial charge in [-0.3, -0.25) is 14.4 Å². The Bertz CT molecular complexity index is 983. The van der Waals surface area contributed by atoms with Crippen molar-refractivity contribution in [3.63, 3.8) is 0 Å². The van der Waals surface area contributed by atoms with Gasteiger partial charge in [-0.1, -0.05) is 85.1 Å². The highest BCUT2D eigenvalue weighted by molar-refractivity contribution is 5.94. The quantitative estimate of drug-likeness (QED) is 0.153. The largest absolute Gasteiger partial charge is 0.481 e. The summed E-state index contributed by atoms with van der Waals surface area (Å²) in [6.45, 7) is 12.1. The summed E-state index contributed by atoms with van der Waals surface area (Å²) in [6.07, 6.45) is 19.6. The second kappa shape index (κ2) is 14.4. The van der Waals surface area contributed by atoms with Gasteiger partial charge in [-0.2, -0.15) is 0 Å². The molecule has 0 aliphatic heterocycles. The van der Waals surface area contributed by atoms with Crippen LogP contribution in [0.1, 0.15) is 150 Å². The molecular formula is C37H60O5. The third kappa shape index (κ3) is 7.52. The van der Waals surface area contributed by atoms with E-state index in [1.807, 2.05) is 6.08 Å². The van der Waals surface area contributed by atoms with Crippen molar-refractivity contribution >= 4 is 17.7 Å². The molecular weight excluding hydrogens is 524 g/mol. The maximum absolute atomic E-state index is 13.9. The maximum atomic E-state index is 13.9. The minimum atomic E-state index is -0.726. The standard InChI is InChI=1S/C37H60O5/c1-25(2)13-12-14-26(3)29-17-18-30-35-31(20-22-37(29,30)5)36(4)21-19-28(23-27(36)24-32(35)38)42-34(41)16-11-9-7-6-8-10-15-33(39)40/h24-26,28-31,35H,6-23H2,1-5H3,(H,39,40)/t26-,28?,29-,30?,31?,35?,36+,37-/m1/s1. The number of carboxylic acid groups (broad SMARTS) is 1. The van der Waals surface area contributed by atoms with Gasteiger partial charge in [0, 0.05) is 25.2 Å². The Morgan fingerprint density at radius 3 is 2.26 bits per heavy atom. The predicted octanol–water partition coefficient (Wildman–Crippen LogP) is 9.32. The lowest BCUT2D eigenvalue weighted by Crippen LogP contribution is -2.53. The fourth-order valence-electron chi connectivity index (χ4n) is 9.99. The van der Waals surface area contributed by atoms with E-state index in [2.05, 4.69) is 34.6 Å². The number of allylic oxidation sites excluding steroid dienone is 1. The number of carbonyl (C=O) groups excluding carboxylic acids is 2. The average Bonchev–Trinajstić information content (AvgIpc) is 3.27. The first kappa shape index (κ1) is 33.2. The summed E-state index contributed by atoms with van der Waals surface area (Å²) in [4.78, 5) is 37.1. The van der Waals surface area contributed by atoms with Gasteiger partial charge < -0.3 is 9.84 Å². The normalized spacial score (nSPS) is 34.8. The Kier molecular flexibility index (Phi) is 11.4. The molecule has 0 saturated heterocycles. The molecule has 5 heteroatoms. The summed E-state index contributed by atoms with van der Waals surface area (Å²) in [6, 6.07) is 0. The van der Waals surface area contributed by atoms with Crippen molar-refractivity contribution < 1.29 is 24.2 Å². The third-order valence-corrected chi connectivity index (χ3v) is 12.4. The van der Waals surface area contributed by atoms with E-state index in [0.29, 0.717) is 29.5 Å². The van der Waals surface area contributed by atoms with E-state index in [0.717, 1.165) is 82.0 Å². The molecule has 4 aliphatic rings. The van der Waals surface area contributed by atoms with Crippen LogP contribution in [0.3, 0.4) is 0 Å². The number of carbonyl (C=O) groups is 3. The molecule has 4 rings (SSSR count). The van der Waals surface area contributed by atoms with Gasteiger partial charge in [0.2, 0.25) is 0 Å². The van der Waals surface area contributed by atoms with Gasteiger partial charge in [0.15, 0.2) is 5.78 Å². The Hall–Kier alpha value is -1.65. The molecule has 4 aliphatic carbocycles. The van der Waals surface area contributed by atoms with Crippen molar-refractivity contribution in [3.8, 4) is 0 Å². The molecule has 0 radical (unpaired) electrons. The summed E-state index contributed by atoms with van der Waals surface area (Å²) in [5.74, 6) is 2.92. The van der Waals surface area contributed by atoms with Crippen LogP contribution in [0.25, 0.3) is 0 Å². The highest BCUT2D eigenvalue weighted by atomic mass is 16.5. The number of fused-ring (bicyclic) bond motifs is 5. The number of hydrogen-bond donors (Lipinski definition) is 1. The minimum Gasteiger partial charge on any atom is -0.481 e. The zero-order valence-corrected chi connectivity index (χ0v) is 27.4. The molecule has 3 saturated carbocycles. The second-order valence-corrected chi connectivity index (χ2v) is 15.6. The van der Waals surface area contributed by atoms with Crippen LogP contribution < -0.4 is 0 Å².